The number of ether oxygens (including phenoxy) is 1. The largest absolute Gasteiger partial charge is 0.762 e. The molecule has 0 bridgehead atoms. The summed E-state index contributed by atoms with van der Waals surface area (Å²) in [6.45, 7) is 12.4. The summed E-state index contributed by atoms with van der Waals surface area (Å²) < 4.78 is 5.32. The Labute approximate surface area is 155 Å². The van der Waals surface area contributed by atoms with Gasteiger partial charge in [0.25, 0.3) is 0 Å². The maximum Gasteiger partial charge on any atom is 0.243 e. The van der Waals surface area contributed by atoms with Crippen LogP contribution in [0, 0.1) is 11.1 Å². The topological polar surface area (TPSA) is 91.3 Å². The number of hydrogen-bond acceptors (Lipinski definition) is 7. The first kappa shape index (κ1) is 19.7. The van der Waals surface area contributed by atoms with Crippen LogP contribution in [0.1, 0.15) is 26.7 Å². The first-order chi connectivity index (χ1) is 12.4. The molecular formula is C18H31N4O4-. The summed E-state index contributed by atoms with van der Waals surface area (Å²) >= 11 is 0. The minimum absolute atomic E-state index is 0.0533. The third kappa shape index (κ3) is 4.11. The predicted molar refractivity (Wildman–Crippen MR) is 97.4 cm³/mol. The van der Waals surface area contributed by atoms with Gasteiger partial charge in [0.05, 0.1) is 19.3 Å². The van der Waals surface area contributed by atoms with Gasteiger partial charge in [-0.25, -0.2) is 0 Å². The van der Waals surface area contributed by atoms with Gasteiger partial charge in [-0.3, -0.25) is 19.8 Å². The summed E-state index contributed by atoms with van der Waals surface area (Å²) in [4.78, 5) is 16.9. The Morgan fingerprint density at radius 3 is 2.62 bits per heavy atom. The van der Waals surface area contributed by atoms with Gasteiger partial charge in [-0.15, -0.1) is 0 Å². The number of piperazine rings is 1. The van der Waals surface area contributed by atoms with Gasteiger partial charge < -0.3 is 20.5 Å². The lowest BCUT2D eigenvalue weighted by molar-refractivity contribution is -0.128. The van der Waals surface area contributed by atoms with Crippen molar-refractivity contribution in [1.82, 2.24) is 20.3 Å². The van der Waals surface area contributed by atoms with E-state index in [2.05, 4.69) is 35.5 Å². The van der Waals surface area contributed by atoms with Gasteiger partial charge in [-0.2, -0.15) is 0 Å². The molecule has 1 aliphatic carbocycles. The summed E-state index contributed by atoms with van der Waals surface area (Å²) in [5.74, 6) is -0.0466. The molecule has 5 atom stereocenters. The molecule has 0 spiro atoms. The fraction of sp³-hybridized carbons (Fsp3) is 0.833. The van der Waals surface area contributed by atoms with Crippen molar-refractivity contribution in [1.29, 1.82) is 0 Å². The predicted octanol–water partition coefficient (Wildman–Crippen LogP) is 0.418. The van der Waals surface area contributed by atoms with Crippen LogP contribution in [0.2, 0.25) is 0 Å². The summed E-state index contributed by atoms with van der Waals surface area (Å²) in [5, 5.41) is 23.9. The van der Waals surface area contributed by atoms with Gasteiger partial charge in [-0.05, 0) is 31.8 Å². The molecule has 8 heteroatoms. The van der Waals surface area contributed by atoms with Crippen molar-refractivity contribution in [3.63, 3.8) is 0 Å². The summed E-state index contributed by atoms with van der Waals surface area (Å²) in [6.07, 6.45) is 2.32. The number of nitrogens with zero attached hydrogens (tertiary/aromatic N) is 3. The minimum Gasteiger partial charge on any atom is -0.762 e. The highest BCUT2D eigenvalue weighted by Gasteiger charge is 2.43. The average Bonchev–Trinajstić information content (AvgIpc) is 2.54. The van der Waals surface area contributed by atoms with Crippen molar-refractivity contribution in [2.45, 2.75) is 56.9 Å². The second-order valence-corrected chi connectivity index (χ2v) is 7.99. The van der Waals surface area contributed by atoms with Crippen LogP contribution < -0.4 is 5.32 Å². The normalized spacial score (nSPS) is 37.3. The van der Waals surface area contributed by atoms with Crippen molar-refractivity contribution < 1.29 is 14.7 Å². The number of nitrogens with one attached hydrogen (secondary N) is 1. The standard InChI is InChI=1S/C18H31N4O4/c1-4-17(23)19-16-8-14(22(24)25)7-12(2)18(16)21-6-5-20(9-13(21)3)15-10-26-11-15/h4,12-16,18,24H,1,5-11H2,2-3H3,(H,19,23)/q-1. The Kier molecular flexibility index (Phi) is 6.32. The molecule has 0 aromatic carbocycles. The zero-order valence-electron chi connectivity index (χ0n) is 15.7. The maximum atomic E-state index is 11.9. The van der Waals surface area contributed by atoms with Crippen LogP contribution in [-0.4, -0.2) is 89.2 Å². The molecule has 1 saturated carbocycles. The Balaban J connectivity index is 1.71. The number of rotatable bonds is 5. The average molecular weight is 367 g/mol. The highest BCUT2D eigenvalue weighted by Crippen LogP contribution is 2.33. The second kappa shape index (κ2) is 8.33. The molecule has 3 aliphatic rings. The van der Waals surface area contributed by atoms with Crippen molar-refractivity contribution in [3.8, 4) is 0 Å². The number of hydroxylamine groups is 2. The zero-order valence-corrected chi connectivity index (χ0v) is 15.7. The minimum atomic E-state index is -0.486. The molecule has 2 N–H and O–H groups in total. The van der Waals surface area contributed by atoms with E-state index < -0.39 is 6.04 Å². The monoisotopic (exact) mass is 367 g/mol. The van der Waals surface area contributed by atoms with Crippen LogP contribution in [0.3, 0.4) is 0 Å². The van der Waals surface area contributed by atoms with Gasteiger partial charge in [0, 0.05) is 43.8 Å². The van der Waals surface area contributed by atoms with Gasteiger partial charge in [0.15, 0.2) is 0 Å². The molecule has 148 valence electrons. The lowest BCUT2D eigenvalue weighted by Gasteiger charge is -2.54. The summed E-state index contributed by atoms with van der Waals surface area (Å²) in [5.41, 5.74) is 0. The molecule has 1 amide bonds. The quantitative estimate of drug-likeness (QED) is 0.537. The lowest BCUT2D eigenvalue weighted by atomic mass is 9.77. The summed E-state index contributed by atoms with van der Waals surface area (Å²) in [7, 11) is 0. The first-order valence-corrected chi connectivity index (χ1v) is 9.56. The smallest absolute Gasteiger partial charge is 0.243 e. The Hall–Kier alpha value is -1.03. The van der Waals surface area contributed by atoms with Crippen LogP contribution in [0.25, 0.3) is 0 Å². The molecule has 2 saturated heterocycles. The molecule has 3 rings (SSSR count). The lowest BCUT2D eigenvalue weighted by Crippen LogP contribution is -2.67. The highest BCUT2D eigenvalue weighted by molar-refractivity contribution is 5.87. The molecule has 8 nitrogen and oxygen atoms in total. The second-order valence-electron chi connectivity index (χ2n) is 7.99. The molecule has 0 radical (unpaired) electrons. The number of carbonyl (C=O) groups excluding carboxylic acids is 1. The Morgan fingerprint density at radius 1 is 1.35 bits per heavy atom. The van der Waals surface area contributed by atoms with E-state index in [9.17, 15) is 15.2 Å². The third-order valence-electron chi connectivity index (χ3n) is 6.22. The molecule has 0 aromatic heterocycles. The Morgan fingerprint density at radius 2 is 2.08 bits per heavy atom. The first-order valence-electron chi connectivity index (χ1n) is 9.56. The van der Waals surface area contributed by atoms with E-state index in [0.29, 0.717) is 24.9 Å². The van der Waals surface area contributed by atoms with Crippen molar-refractivity contribution >= 4 is 5.91 Å². The number of hydrogen-bond donors (Lipinski definition) is 2. The van der Waals surface area contributed by atoms with Crippen molar-refractivity contribution in [2.24, 2.45) is 5.92 Å². The molecular weight excluding hydrogens is 336 g/mol. The van der Waals surface area contributed by atoms with E-state index in [1.807, 2.05) is 0 Å². The highest BCUT2D eigenvalue weighted by atomic mass is 16.8. The van der Waals surface area contributed by atoms with E-state index in [-0.39, 0.29) is 29.1 Å². The molecule has 5 unspecified atom stereocenters. The van der Waals surface area contributed by atoms with E-state index in [1.165, 1.54) is 6.08 Å². The molecule has 26 heavy (non-hydrogen) atoms. The number of amides is 1. The van der Waals surface area contributed by atoms with Crippen LogP contribution in [-0.2, 0) is 9.53 Å². The fourth-order valence-corrected chi connectivity index (χ4v) is 4.83. The number of carbonyl (C=O) groups is 1. The zero-order chi connectivity index (χ0) is 18.8. The van der Waals surface area contributed by atoms with E-state index in [4.69, 9.17) is 4.74 Å². The van der Waals surface area contributed by atoms with Crippen LogP contribution in [0.5, 0.6) is 0 Å². The SMILES string of the molecule is C=CC(=O)NC1CC(N([O-])O)CC(C)C1N1CCN(C2COC2)CC1C. The third-order valence-corrected chi connectivity index (χ3v) is 6.22. The fourth-order valence-electron chi connectivity index (χ4n) is 4.83. The van der Waals surface area contributed by atoms with Gasteiger partial charge in [0.1, 0.15) is 0 Å². The summed E-state index contributed by atoms with van der Waals surface area (Å²) in [6, 6.07) is 0.366. The molecule has 2 aliphatic heterocycles. The van der Waals surface area contributed by atoms with E-state index in [1.54, 1.807) is 0 Å². The van der Waals surface area contributed by atoms with Gasteiger partial charge in [0.2, 0.25) is 5.91 Å². The van der Waals surface area contributed by atoms with Crippen molar-refractivity contribution in [2.75, 3.05) is 32.8 Å². The molecule has 3 fully saturated rings. The van der Waals surface area contributed by atoms with Crippen LogP contribution in [0.15, 0.2) is 12.7 Å². The Bertz CT molecular complexity index is 513. The van der Waals surface area contributed by atoms with E-state index in [0.717, 1.165) is 32.8 Å². The van der Waals surface area contributed by atoms with Crippen LogP contribution in [0.4, 0.5) is 0 Å². The van der Waals surface area contributed by atoms with Crippen molar-refractivity contribution in [3.05, 3.63) is 17.9 Å². The maximum absolute atomic E-state index is 11.9. The molecule has 2 heterocycles. The van der Waals surface area contributed by atoms with Gasteiger partial charge in [-0.1, -0.05) is 13.5 Å². The van der Waals surface area contributed by atoms with Crippen LogP contribution >= 0.6 is 0 Å². The molecule has 0 aromatic rings. The van der Waals surface area contributed by atoms with Gasteiger partial charge >= 0.3 is 0 Å². The van der Waals surface area contributed by atoms with E-state index >= 15 is 0 Å².